The lowest BCUT2D eigenvalue weighted by atomic mass is 9.70. The summed E-state index contributed by atoms with van der Waals surface area (Å²) in [5.41, 5.74) is -0.478. The van der Waals surface area contributed by atoms with Gasteiger partial charge in [0.05, 0.1) is 0 Å². The molecule has 3 atom stereocenters. The first-order chi connectivity index (χ1) is 12.5. The molecule has 0 aromatic carbocycles. The minimum atomic E-state index is -0.865. The second-order valence-electron chi connectivity index (χ2n) is 10.0. The summed E-state index contributed by atoms with van der Waals surface area (Å²) < 4.78 is 0. The molecule has 0 amide bonds. The van der Waals surface area contributed by atoms with Crippen molar-refractivity contribution >= 4 is 0 Å². The van der Waals surface area contributed by atoms with E-state index < -0.39 is 5.79 Å². The van der Waals surface area contributed by atoms with Crippen LogP contribution in [0, 0.1) is 11.3 Å². The van der Waals surface area contributed by atoms with Crippen LogP contribution in [0.15, 0.2) is 0 Å². The van der Waals surface area contributed by atoms with Gasteiger partial charge in [-0.25, -0.2) is 9.78 Å². The van der Waals surface area contributed by atoms with Crippen molar-refractivity contribution in [2.24, 2.45) is 11.3 Å². The van der Waals surface area contributed by atoms with Crippen molar-refractivity contribution in [3.8, 4) is 0 Å². The van der Waals surface area contributed by atoms with Gasteiger partial charge in [-0.1, -0.05) is 61.3 Å². The molecule has 0 N–H and O–H groups in total. The number of hydrogen-bond donors (Lipinski definition) is 0. The lowest BCUT2D eigenvalue weighted by molar-refractivity contribution is -0.563. The fourth-order valence-corrected chi connectivity index (χ4v) is 3.95. The highest BCUT2D eigenvalue weighted by Crippen LogP contribution is 2.48. The molecule has 27 heavy (non-hydrogen) atoms. The molecule has 1 fully saturated rings. The van der Waals surface area contributed by atoms with Crippen LogP contribution >= 0.6 is 0 Å². The summed E-state index contributed by atoms with van der Waals surface area (Å²) in [6.07, 6.45) is 8.79. The second kappa shape index (κ2) is 10.0. The molecule has 0 aromatic rings. The van der Waals surface area contributed by atoms with E-state index >= 15 is 0 Å². The molecular formula is C23H46O4. The molecule has 0 radical (unpaired) electrons. The predicted octanol–water partition coefficient (Wildman–Crippen LogP) is 7.36. The molecule has 3 unspecified atom stereocenters. The van der Waals surface area contributed by atoms with Gasteiger partial charge in [-0.05, 0) is 57.8 Å². The van der Waals surface area contributed by atoms with Crippen LogP contribution in [0.4, 0.5) is 0 Å². The Kier molecular flexibility index (Phi) is 9.26. The quantitative estimate of drug-likeness (QED) is 0.199. The van der Waals surface area contributed by atoms with E-state index in [0.717, 1.165) is 57.8 Å². The maximum absolute atomic E-state index is 6.20. The van der Waals surface area contributed by atoms with Crippen LogP contribution in [0.25, 0.3) is 0 Å². The summed E-state index contributed by atoms with van der Waals surface area (Å²) in [6.45, 7) is 19.6. The molecule has 0 saturated heterocycles. The smallest absolute Gasteiger partial charge is 0.227 e. The first-order valence-electron chi connectivity index (χ1n) is 11.2. The summed E-state index contributed by atoms with van der Waals surface area (Å²) in [5, 5.41) is 0. The Hall–Kier alpha value is -0.160. The fourth-order valence-electron chi connectivity index (χ4n) is 3.95. The lowest BCUT2D eigenvalue weighted by Crippen LogP contribution is -2.52. The third-order valence-corrected chi connectivity index (χ3v) is 6.55. The highest BCUT2D eigenvalue weighted by Gasteiger charge is 2.51. The predicted molar refractivity (Wildman–Crippen MR) is 111 cm³/mol. The third kappa shape index (κ3) is 6.99. The lowest BCUT2D eigenvalue weighted by Gasteiger charge is -2.48. The van der Waals surface area contributed by atoms with E-state index in [2.05, 4.69) is 62.3 Å². The van der Waals surface area contributed by atoms with E-state index in [1.807, 2.05) is 0 Å². The SMILES string of the molecule is CCCC(C)(CC)OOC1(OOC(C)(CC)CCC)CC(C)(C)CCC1C. The van der Waals surface area contributed by atoms with Crippen LogP contribution in [0.2, 0.25) is 0 Å². The van der Waals surface area contributed by atoms with Crippen molar-refractivity contribution in [1.82, 2.24) is 0 Å². The Labute approximate surface area is 168 Å². The zero-order valence-electron chi connectivity index (χ0n) is 19.6. The summed E-state index contributed by atoms with van der Waals surface area (Å²) in [5.74, 6) is -0.660. The minimum Gasteiger partial charge on any atom is -0.227 e. The Morgan fingerprint density at radius 1 is 0.852 bits per heavy atom. The van der Waals surface area contributed by atoms with Crippen LogP contribution in [0.1, 0.15) is 120 Å². The van der Waals surface area contributed by atoms with Crippen LogP contribution in [-0.2, 0) is 19.6 Å². The highest BCUT2D eigenvalue weighted by atomic mass is 17.3. The van der Waals surface area contributed by atoms with E-state index in [1.54, 1.807) is 0 Å². The third-order valence-electron chi connectivity index (χ3n) is 6.55. The summed E-state index contributed by atoms with van der Waals surface area (Å²) in [7, 11) is 0. The maximum Gasteiger partial charge on any atom is 0.237 e. The van der Waals surface area contributed by atoms with Crippen LogP contribution < -0.4 is 0 Å². The highest BCUT2D eigenvalue weighted by molar-refractivity contribution is 4.89. The summed E-state index contributed by atoms with van der Waals surface area (Å²) in [4.78, 5) is 24.6. The van der Waals surface area contributed by atoms with Crippen molar-refractivity contribution in [3.05, 3.63) is 0 Å². The van der Waals surface area contributed by atoms with Gasteiger partial charge in [0, 0.05) is 12.3 Å². The van der Waals surface area contributed by atoms with Gasteiger partial charge in [0.15, 0.2) is 0 Å². The van der Waals surface area contributed by atoms with Crippen molar-refractivity contribution in [1.29, 1.82) is 0 Å². The molecule has 1 aliphatic rings. The summed E-state index contributed by atoms with van der Waals surface area (Å²) >= 11 is 0. The topological polar surface area (TPSA) is 36.9 Å². The van der Waals surface area contributed by atoms with Gasteiger partial charge < -0.3 is 0 Å². The average Bonchev–Trinajstić information content (AvgIpc) is 2.62. The molecule has 1 aliphatic carbocycles. The van der Waals surface area contributed by atoms with E-state index in [-0.39, 0.29) is 22.5 Å². The largest absolute Gasteiger partial charge is 0.237 e. The second-order valence-corrected chi connectivity index (χ2v) is 10.0. The molecule has 0 aromatic heterocycles. The standard InChI is InChI=1S/C23H46O4/c1-10-15-21(8,12-3)24-26-23(18-20(6,7)17-14-19(23)5)27-25-22(9,13-4)16-11-2/h19H,10-18H2,1-9H3. The van der Waals surface area contributed by atoms with Crippen LogP contribution in [-0.4, -0.2) is 17.0 Å². The Morgan fingerprint density at radius 2 is 1.30 bits per heavy atom. The van der Waals surface area contributed by atoms with Crippen molar-refractivity contribution < 1.29 is 19.6 Å². The van der Waals surface area contributed by atoms with Gasteiger partial charge in [-0.15, -0.1) is 0 Å². The average molecular weight is 387 g/mol. The molecule has 1 rings (SSSR count). The van der Waals surface area contributed by atoms with Gasteiger partial charge in [-0.3, -0.25) is 0 Å². The Balaban J connectivity index is 3.02. The van der Waals surface area contributed by atoms with Gasteiger partial charge >= 0.3 is 0 Å². The molecular weight excluding hydrogens is 340 g/mol. The molecule has 0 aliphatic heterocycles. The molecule has 0 heterocycles. The van der Waals surface area contributed by atoms with Crippen LogP contribution in [0.5, 0.6) is 0 Å². The molecule has 4 heteroatoms. The Morgan fingerprint density at radius 3 is 1.67 bits per heavy atom. The molecule has 1 saturated carbocycles. The maximum atomic E-state index is 6.20. The van der Waals surface area contributed by atoms with Crippen molar-refractivity contribution in [3.63, 3.8) is 0 Å². The molecule has 0 spiro atoms. The zero-order chi connectivity index (χ0) is 20.8. The van der Waals surface area contributed by atoms with Gasteiger partial charge in [0.25, 0.3) is 0 Å². The van der Waals surface area contributed by atoms with E-state index in [0.29, 0.717) is 0 Å². The zero-order valence-corrected chi connectivity index (χ0v) is 19.6. The van der Waals surface area contributed by atoms with Crippen molar-refractivity contribution in [2.45, 2.75) is 137 Å². The Bertz CT molecular complexity index is 412. The first-order valence-corrected chi connectivity index (χ1v) is 11.2. The number of hydrogen-bond acceptors (Lipinski definition) is 4. The normalized spacial score (nSPS) is 29.9. The molecule has 162 valence electrons. The van der Waals surface area contributed by atoms with E-state index in [9.17, 15) is 0 Å². The molecule has 0 bridgehead atoms. The fraction of sp³-hybridized carbons (Fsp3) is 1.00. The van der Waals surface area contributed by atoms with E-state index in [1.165, 1.54) is 0 Å². The van der Waals surface area contributed by atoms with Crippen molar-refractivity contribution in [2.75, 3.05) is 0 Å². The minimum absolute atomic E-state index is 0.125. The first kappa shape index (κ1) is 24.9. The van der Waals surface area contributed by atoms with Gasteiger partial charge in [0.1, 0.15) is 11.2 Å². The number of rotatable bonds is 12. The van der Waals surface area contributed by atoms with E-state index in [4.69, 9.17) is 19.6 Å². The molecule has 4 nitrogen and oxygen atoms in total. The van der Waals surface area contributed by atoms with Crippen LogP contribution in [0.3, 0.4) is 0 Å². The monoisotopic (exact) mass is 386 g/mol. The van der Waals surface area contributed by atoms with Gasteiger partial charge in [-0.2, -0.15) is 9.78 Å². The summed E-state index contributed by atoms with van der Waals surface area (Å²) in [6, 6.07) is 0. The van der Waals surface area contributed by atoms with Gasteiger partial charge in [0.2, 0.25) is 5.79 Å².